The van der Waals surface area contributed by atoms with Crippen LogP contribution in [0.25, 0.3) is 0 Å². The van der Waals surface area contributed by atoms with Crippen LogP contribution < -0.4 is 10.6 Å². The molecule has 8 nitrogen and oxygen atoms in total. The fourth-order valence-corrected chi connectivity index (χ4v) is 2.07. The molecule has 20 heavy (non-hydrogen) atoms. The Labute approximate surface area is 117 Å². The Morgan fingerprint density at radius 3 is 2.70 bits per heavy atom. The maximum absolute atomic E-state index is 11.9. The van der Waals surface area contributed by atoms with E-state index < -0.39 is 24.1 Å². The number of nitrogens with one attached hydrogen (secondary N) is 2. The topological polar surface area (TPSA) is 108 Å². The fourth-order valence-electron chi connectivity index (χ4n) is 2.07. The predicted octanol–water partition coefficient (Wildman–Crippen LogP) is 0.380. The van der Waals surface area contributed by atoms with Gasteiger partial charge < -0.3 is 25.4 Å². The molecule has 0 saturated carbocycles. The Kier molecular flexibility index (Phi) is 6.08. The Balaban J connectivity index is 2.45. The molecule has 1 heterocycles. The van der Waals surface area contributed by atoms with E-state index in [1.54, 1.807) is 0 Å². The molecule has 0 aromatic rings. The molecule has 3 amide bonds. The van der Waals surface area contributed by atoms with Crippen molar-refractivity contribution in [1.82, 2.24) is 15.5 Å². The van der Waals surface area contributed by atoms with E-state index in [0.29, 0.717) is 32.4 Å². The second-order valence-electron chi connectivity index (χ2n) is 4.70. The Morgan fingerprint density at radius 1 is 1.45 bits per heavy atom. The molecule has 114 valence electrons. The number of rotatable bonds is 5. The zero-order chi connectivity index (χ0) is 15.1. The summed E-state index contributed by atoms with van der Waals surface area (Å²) in [6.07, 6.45) is 1.14. The van der Waals surface area contributed by atoms with Gasteiger partial charge in [-0.05, 0) is 12.8 Å². The predicted molar refractivity (Wildman–Crippen MR) is 70.4 cm³/mol. The normalized spacial score (nSPS) is 19.3. The highest BCUT2D eigenvalue weighted by atomic mass is 16.5. The zero-order valence-electron chi connectivity index (χ0n) is 11.7. The lowest BCUT2D eigenvalue weighted by Crippen LogP contribution is -2.48. The molecular weight excluding hydrogens is 266 g/mol. The van der Waals surface area contributed by atoms with Crippen LogP contribution in [0.4, 0.5) is 9.59 Å². The molecule has 1 saturated heterocycles. The molecule has 1 rings (SSSR count). The molecule has 1 aliphatic heterocycles. The van der Waals surface area contributed by atoms with Gasteiger partial charge in [0.2, 0.25) is 0 Å². The van der Waals surface area contributed by atoms with E-state index >= 15 is 0 Å². The van der Waals surface area contributed by atoms with Gasteiger partial charge >= 0.3 is 18.1 Å². The molecule has 0 aliphatic carbocycles. The minimum absolute atomic E-state index is 0.164. The first kappa shape index (κ1) is 16.1. The second-order valence-corrected chi connectivity index (χ2v) is 4.70. The van der Waals surface area contributed by atoms with Crippen molar-refractivity contribution in [2.24, 2.45) is 0 Å². The summed E-state index contributed by atoms with van der Waals surface area (Å²) < 4.78 is 4.49. The molecule has 1 aliphatic rings. The lowest BCUT2D eigenvalue weighted by Gasteiger charge is -2.21. The van der Waals surface area contributed by atoms with Crippen LogP contribution >= 0.6 is 0 Å². The van der Waals surface area contributed by atoms with Crippen LogP contribution in [0.15, 0.2) is 0 Å². The molecule has 0 bridgehead atoms. The second kappa shape index (κ2) is 7.56. The Bertz CT molecular complexity index is 374. The lowest BCUT2D eigenvalue weighted by atomic mass is 10.2. The number of carbonyl (C=O) groups excluding carboxylic acids is 2. The summed E-state index contributed by atoms with van der Waals surface area (Å²) >= 11 is 0. The summed E-state index contributed by atoms with van der Waals surface area (Å²) in [6, 6.07) is -1.46. The fraction of sp³-hybridized carbons (Fsp3) is 0.750. The van der Waals surface area contributed by atoms with Gasteiger partial charge in [0.15, 0.2) is 0 Å². The third-order valence-corrected chi connectivity index (χ3v) is 3.16. The van der Waals surface area contributed by atoms with Crippen molar-refractivity contribution in [1.29, 1.82) is 0 Å². The van der Waals surface area contributed by atoms with Crippen LogP contribution in [-0.4, -0.2) is 60.4 Å². The quantitative estimate of drug-likeness (QED) is 0.677. The van der Waals surface area contributed by atoms with Crippen molar-refractivity contribution in [3.8, 4) is 0 Å². The number of hydrogen-bond donors (Lipinski definition) is 3. The van der Waals surface area contributed by atoms with Crippen LogP contribution in [0.2, 0.25) is 0 Å². The van der Waals surface area contributed by atoms with Crippen molar-refractivity contribution in [3.63, 3.8) is 0 Å². The lowest BCUT2D eigenvalue weighted by molar-refractivity contribution is -0.139. The Hall–Kier alpha value is -1.99. The molecule has 0 spiro atoms. The molecule has 0 aromatic heterocycles. The summed E-state index contributed by atoms with van der Waals surface area (Å²) in [5, 5.41) is 14.1. The third kappa shape index (κ3) is 4.60. The average molecular weight is 287 g/mol. The van der Waals surface area contributed by atoms with Crippen LogP contribution in [0.1, 0.15) is 26.2 Å². The van der Waals surface area contributed by atoms with Crippen molar-refractivity contribution < 1.29 is 24.2 Å². The number of methoxy groups -OCH3 is 1. The minimum Gasteiger partial charge on any atom is -0.480 e. The van der Waals surface area contributed by atoms with Gasteiger partial charge in [-0.3, -0.25) is 0 Å². The van der Waals surface area contributed by atoms with Gasteiger partial charge in [0.25, 0.3) is 0 Å². The molecule has 0 radical (unpaired) electrons. The van der Waals surface area contributed by atoms with Gasteiger partial charge in [-0.25, -0.2) is 14.4 Å². The number of likely N-dealkylation sites (tertiary alicyclic amines) is 1. The van der Waals surface area contributed by atoms with Crippen molar-refractivity contribution in [3.05, 3.63) is 0 Å². The number of urea groups is 1. The summed E-state index contributed by atoms with van der Waals surface area (Å²) in [7, 11) is 1.27. The van der Waals surface area contributed by atoms with E-state index in [0.717, 1.165) is 0 Å². The van der Waals surface area contributed by atoms with Crippen molar-refractivity contribution >= 4 is 18.1 Å². The largest absolute Gasteiger partial charge is 0.480 e. The van der Waals surface area contributed by atoms with Crippen LogP contribution in [0.3, 0.4) is 0 Å². The number of hydrogen-bond acceptors (Lipinski definition) is 4. The van der Waals surface area contributed by atoms with E-state index in [2.05, 4.69) is 15.4 Å². The highest BCUT2D eigenvalue weighted by molar-refractivity contribution is 5.82. The van der Waals surface area contributed by atoms with Crippen LogP contribution in [0, 0.1) is 0 Å². The van der Waals surface area contributed by atoms with Gasteiger partial charge in [0.1, 0.15) is 6.04 Å². The third-order valence-electron chi connectivity index (χ3n) is 3.16. The minimum atomic E-state index is -1.04. The van der Waals surface area contributed by atoms with Gasteiger partial charge in [0.05, 0.1) is 13.2 Å². The number of carboxylic acid groups (broad SMARTS) is 1. The van der Waals surface area contributed by atoms with E-state index in [9.17, 15) is 14.4 Å². The number of alkyl carbamates (subject to hydrolysis) is 1. The number of ether oxygens (including phenoxy) is 1. The van der Waals surface area contributed by atoms with E-state index in [-0.39, 0.29) is 6.04 Å². The molecule has 0 aromatic carbocycles. The van der Waals surface area contributed by atoms with Gasteiger partial charge in [-0.1, -0.05) is 13.3 Å². The number of nitrogens with zero attached hydrogens (tertiary/aromatic N) is 1. The number of carbonyl (C=O) groups is 3. The summed E-state index contributed by atoms with van der Waals surface area (Å²) in [5.74, 6) is -1.04. The van der Waals surface area contributed by atoms with Crippen LogP contribution in [-0.2, 0) is 9.53 Å². The standard InChI is InChI=1S/C12H21N3O5/c1-3-4-9(10(16)17)14-11(18)15-6-5-8(7-15)13-12(19)20-2/h8-9H,3-7H2,1-2H3,(H,13,19)(H,14,18)(H,16,17)/t8?,9-/m1/s1. The van der Waals surface area contributed by atoms with E-state index in [1.807, 2.05) is 6.92 Å². The van der Waals surface area contributed by atoms with Crippen molar-refractivity contribution in [2.45, 2.75) is 38.3 Å². The number of aliphatic carboxylic acids is 1. The summed E-state index contributed by atoms with van der Waals surface area (Å²) in [6.45, 7) is 2.67. The summed E-state index contributed by atoms with van der Waals surface area (Å²) in [4.78, 5) is 35.5. The maximum Gasteiger partial charge on any atom is 0.407 e. The monoisotopic (exact) mass is 287 g/mol. The highest BCUT2D eigenvalue weighted by Crippen LogP contribution is 2.10. The first-order valence-electron chi connectivity index (χ1n) is 6.60. The van der Waals surface area contributed by atoms with E-state index in [1.165, 1.54) is 12.0 Å². The van der Waals surface area contributed by atoms with Gasteiger partial charge in [0, 0.05) is 13.1 Å². The smallest absolute Gasteiger partial charge is 0.407 e. The molecule has 1 unspecified atom stereocenters. The van der Waals surface area contributed by atoms with Gasteiger partial charge in [-0.15, -0.1) is 0 Å². The molecule has 3 N–H and O–H groups in total. The average Bonchev–Trinajstić information content (AvgIpc) is 2.86. The highest BCUT2D eigenvalue weighted by Gasteiger charge is 2.29. The van der Waals surface area contributed by atoms with Gasteiger partial charge in [-0.2, -0.15) is 0 Å². The molecule has 1 fully saturated rings. The van der Waals surface area contributed by atoms with Crippen molar-refractivity contribution in [2.75, 3.05) is 20.2 Å². The molecular formula is C12H21N3O5. The SMILES string of the molecule is CCC[C@@H](NC(=O)N1CCC(NC(=O)OC)C1)C(=O)O. The van der Waals surface area contributed by atoms with E-state index in [4.69, 9.17) is 5.11 Å². The van der Waals surface area contributed by atoms with Crippen LogP contribution in [0.5, 0.6) is 0 Å². The zero-order valence-corrected chi connectivity index (χ0v) is 11.7. The first-order valence-corrected chi connectivity index (χ1v) is 6.60. The number of amides is 3. The number of carboxylic acids is 1. The first-order chi connectivity index (χ1) is 9.47. The Morgan fingerprint density at radius 2 is 2.15 bits per heavy atom. The summed E-state index contributed by atoms with van der Waals surface area (Å²) in [5.41, 5.74) is 0. The maximum atomic E-state index is 11.9. The molecule has 8 heteroatoms. The molecule has 2 atom stereocenters.